The Morgan fingerprint density at radius 3 is 2.07 bits per heavy atom. The van der Waals surface area contributed by atoms with E-state index in [9.17, 15) is 8.42 Å². The van der Waals surface area contributed by atoms with E-state index in [1.807, 2.05) is 30.9 Å². The minimum absolute atomic E-state index is 0.0106. The van der Waals surface area contributed by atoms with E-state index < -0.39 is 10.0 Å². The molecule has 2 fully saturated rings. The molecule has 0 bridgehead atoms. The first-order valence-corrected chi connectivity index (χ1v) is 11.6. The van der Waals surface area contributed by atoms with Crippen molar-refractivity contribution in [1.29, 1.82) is 0 Å². The van der Waals surface area contributed by atoms with Gasteiger partial charge < -0.3 is 9.64 Å². The van der Waals surface area contributed by atoms with Crippen molar-refractivity contribution in [2.75, 3.05) is 46.0 Å². The summed E-state index contributed by atoms with van der Waals surface area (Å²) in [4.78, 5) is 4.72. The number of thiocarbonyl (C=S) groups is 1. The summed E-state index contributed by atoms with van der Waals surface area (Å²) in [6, 6.07) is 4.04. The zero-order valence-corrected chi connectivity index (χ0v) is 19.1. The molecule has 2 saturated heterocycles. The molecule has 156 valence electrons. The maximum atomic E-state index is 13.3. The van der Waals surface area contributed by atoms with Crippen LogP contribution in [0.4, 0.5) is 0 Å². The zero-order chi connectivity index (χ0) is 20.7. The van der Waals surface area contributed by atoms with Crippen LogP contribution >= 0.6 is 12.2 Å². The van der Waals surface area contributed by atoms with Crippen LogP contribution in [0.25, 0.3) is 0 Å². The molecule has 0 amide bonds. The molecule has 0 atom stereocenters. The lowest BCUT2D eigenvalue weighted by molar-refractivity contribution is 0.142. The van der Waals surface area contributed by atoms with E-state index in [1.54, 1.807) is 4.31 Å². The Morgan fingerprint density at radius 2 is 1.61 bits per heavy atom. The summed E-state index contributed by atoms with van der Waals surface area (Å²) in [5.74, 6) is 0. The Balaban J connectivity index is 1.73. The van der Waals surface area contributed by atoms with E-state index in [-0.39, 0.29) is 5.41 Å². The highest BCUT2D eigenvalue weighted by molar-refractivity contribution is 7.89. The van der Waals surface area contributed by atoms with Crippen LogP contribution in [-0.2, 0) is 20.2 Å². The first-order chi connectivity index (χ1) is 13.0. The number of benzene rings is 1. The Hall–Kier alpha value is -1.22. The molecule has 2 heterocycles. The molecule has 0 unspecified atom stereocenters. The van der Waals surface area contributed by atoms with Gasteiger partial charge in [-0.15, -0.1) is 0 Å². The molecule has 2 aliphatic heterocycles. The van der Waals surface area contributed by atoms with Gasteiger partial charge in [-0.1, -0.05) is 32.9 Å². The highest BCUT2D eigenvalue weighted by atomic mass is 32.2. The standard InChI is InChI=1S/C20H31N3O3S2/c1-15-12-17(20(3,4)5)13-16(2)18(15)28(24,25)23-8-6-21(7-9-23)14-22-10-11-26-19(22)27/h12-13H,6-11,14H2,1-5H3. The van der Waals surface area contributed by atoms with Gasteiger partial charge in [-0.05, 0) is 48.2 Å². The van der Waals surface area contributed by atoms with Gasteiger partial charge in [0.05, 0.1) is 18.1 Å². The van der Waals surface area contributed by atoms with Crippen LogP contribution in [0.15, 0.2) is 17.0 Å². The topological polar surface area (TPSA) is 53.1 Å². The van der Waals surface area contributed by atoms with E-state index in [0.717, 1.165) is 23.2 Å². The van der Waals surface area contributed by atoms with Crippen molar-refractivity contribution in [2.24, 2.45) is 0 Å². The molecule has 6 nitrogen and oxygen atoms in total. The van der Waals surface area contributed by atoms with Crippen molar-refractivity contribution >= 4 is 27.4 Å². The summed E-state index contributed by atoms with van der Waals surface area (Å²) in [5, 5.41) is 0.542. The van der Waals surface area contributed by atoms with Crippen molar-refractivity contribution in [3.8, 4) is 0 Å². The number of piperazine rings is 1. The number of aryl methyl sites for hydroxylation is 2. The molecule has 2 aliphatic rings. The fraction of sp³-hybridized carbons (Fsp3) is 0.650. The zero-order valence-electron chi connectivity index (χ0n) is 17.5. The Labute approximate surface area is 174 Å². The van der Waals surface area contributed by atoms with Gasteiger partial charge >= 0.3 is 0 Å². The molecule has 3 rings (SSSR count). The van der Waals surface area contributed by atoms with Crippen LogP contribution in [0.2, 0.25) is 0 Å². The molecular formula is C20H31N3O3S2. The Bertz CT molecular complexity index is 831. The Kier molecular flexibility index (Phi) is 6.06. The summed E-state index contributed by atoms with van der Waals surface area (Å²) < 4.78 is 33.6. The minimum atomic E-state index is -3.50. The smallest absolute Gasteiger partial charge is 0.260 e. The number of ether oxygens (including phenoxy) is 1. The van der Waals surface area contributed by atoms with E-state index in [4.69, 9.17) is 17.0 Å². The van der Waals surface area contributed by atoms with E-state index in [1.165, 1.54) is 0 Å². The van der Waals surface area contributed by atoms with Crippen molar-refractivity contribution < 1.29 is 13.2 Å². The van der Waals surface area contributed by atoms with E-state index in [2.05, 4.69) is 25.7 Å². The van der Waals surface area contributed by atoms with E-state index >= 15 is 0 Å². The molecule has 0 spiro atoms. The van der Waals surface area contributed by atoms with Crippen molar-refractivity contribution in [1.82, 2.24) is 14.1 Å². The molecular weight excluding hydrogens is 394 g/mol. The van der Waals surface area contributed by atoms with Gasteiger partial charge in [-0.3, -0.25) is 4.90 Å². The molecule has 8 heteroatoms. The van der Waals surface area contributed by atoms with Crippen molar-refractivity contribution in [2.45, 2.75) is 44.9 Å². The maximum Gasteiger partial charge on any atom is 0.260 e. The predicted molar refractivity (Wildman–Crippen MR) is 115 cm³/mol. The first kappa shape index (κ1) is 21.5. The van der Waals surface area contributed by atoms with Crippen LogP contribution in [0.3, 0.4) is 0 Å². The minimum Gasteiger partial charge on any atom is -0.469 e. The molecule has 0 saturated carbocycles. The lowest BCUT2D eigenvalue weighted by Crippen LogP contribution is -2.51. The number of rotatable bonds is 4. The normalized spacial score (nSPS) is 19.9. The summed E-state index contributed by atoms with van der Waals surface area (Å²) in [7, 11) is -3.50. The number of hydrogen-bond donors (Lipinski definition) is 0. The number of nitrogens with zero attached hydrogens (tertiary/aromatic N) is 3. The predicted octanol–water partition coefficient (Wildman–Crippen LogP) is 2.48. The highest BCUT2D eigenvalue weighted by Crippen LogP contribution is 2.31. The van der Waals surface area contributed by atoms with Crippen LogP contribution < -0.4 is 0 Å². The van der Waals surface area contributed by atoms with E-state index in [0.29, 0.717) is 49.5 Å². The van der Waals surface area contributed by atoms with Gasteiger partial charge in [0.15, 0.2) is 0 Å². The summed E-state index contributed by atoms with van der Waals surface area (Å²) in [5.41, 5.74) is 2.80. The third kappa shape index (κ3) is 4.35. The van der Waals surface area contributed by atoms with Gasteiger partial charge in [-0.2, -0.15) is 4.31 Å². The van der Waals surface area contributed by atoms with Crippen LogP contribution in [-0.4, -0.2) is 73.7 Å². The third-order valence-electron chi connectivity index (χ3n) is 5.47. The fourth-order valence-corrected chi connectivity index (χ4v) is 5.89. The fourth-order valence-electron chi connectivity index (χ4n) is 3.83. The molecule has 0 aliphatic carbocycles. The second kappa shape index (κ2) is 7.89. The second-order valence-electron chi connectivity index (χ2n) is 8.73. The maximum absolute atomic E-state index is 13.3. The van der Waals surface area contributed by atoms with Gasteiger partial charge in [0.25, 0.3) is 5.17 Å². The van der Waals surface area contributed by atoms with Crippen LogP contribution in [0, 0.1) is 13.8 Å². The molecule has 0 radical (unpaired) electrons. The third-order valence-corrected chi connectivity index (χ3v) is 8.05. The average Bonchev–Trinajstić information content (AvgIpc) is 2.98. The number of sulfonamides is 1. The van der Waals surface area contributed by atoms with Gasteiger partial charge in [-0.25, -0.2) is 8.42 Å². The second-order valence-corrected chi connectivity index (χ2v) is 11.0. The molecule has 0 N–H and O–H groups in total. The molecule has 28 heavy (non-hydrogen) atoms. The summed E-state index contributed by atoms with van der Waals surface area (Å²) in [6.45, 7) is 14.7. The Morgan fingerprint density at radius 1 is 1.04 bits per heavy atom. The first-order valence-electron chi connectivity index (χ1n) is 9.76. The molecule has 1 aromatic rings. The number of hydrogen-bond acceptors (Lipinski definition) is 5. The molecule has 1 aromatic carbocycles. The summed E-state index contributed by atoms with van der Waals surface area (Å²) >= 11 is 5.19. The van der Waals surface area contributed by atoms with Crippen molar-refractivity contribution in [3.63, 3.8) is 0 Å². The van der Waals surface area contributed by atoms with Gasteiger partial charge in [0, 0.05) is 26.2 Å². The van der Waals surface area contributed by atoms with Gasteiger partial charge in [0.2, 0.25) is 10.0 Å². The average molecular weight is 426 g/mol. The van der Waals surface area contributed by atoms with Crippen LogP contribution in [0.1, 0.15) is 37.5 Å². The van der Waals surface area contributed by atoms with Crippen LogP contribution in [0.5, 0.6) is 0 Å². The largest absolute Gasteiger partial charge is 0.469 e. The highest BCUT2D eigenvalue weighted by Gasteiger charge is 2.32. The quantitative estimate of drug-likeness (QED) is 0.691. The SMILES string of the molecule is Cc1cc(C(C)(C)C)cc(C)c1S(=O)(=O)N1CCN(CN2CCOC2=S)CC1. The monoisotopic (exact) mass is 425 g/mol. The van der Waals surface area contributed by atoms with Crippen molar-refractivity contribution in [3.05, 3.63) is 28.8 Å². The van der Waals surface area contributed by atoms with Gasteiger partial charge in [0.1, 0.15) is 6.61 Å². The summed E-state index contributed by atoms with van der Waals surface area (Å²) in [6.07, 6.45) is 0. The lowest BCUT2D eigenvalue weighted by atomic mass is 9.85. The lowest BCUT2D eigenvalue weighted by Gasteiger charge is -2.36. The molecule has 0 aromatic heterocycles.